The third kappa shape index (κ3) is 6.15. The minimum Gasteiger partial charge on any atom is -0.355 e. The Morgan fingerprint density at radius 2 is 1.71 bits per heavy atom. The summed E-state index contributed by atoms with van der Waals surface area (Å²) in [7, 11) is 0. The van der Waals surface area contributed by atoms with Gasteiger partial charge in [-0.1, -0.05) is 68.2 Å². The van der Waals surface area contributed by atoms with Crippen LogP contribution in [0.25, 0.3) is 0 Å². The van der Waals surface area contributed by atoms with Crippen molar-refractivity contribution in [2.75, 3.05) is 13.1 Å². The minimum absolute atomic E-state index is 0.0370. The van der Waals surface area contributed by atoms with Crippen LogP contribution in [-0.2, 0) is 15.1 Å². The molecule has 0 bridgehead atoms. The SMILES string of the molecule is CC(=O)NCCNC(=O)[C@@H]1N[C@@H](CC(C)(C)C)[C@](N)(c2ccc(Cl)cc2)[C@H]1c1cccc(Cl)c1F. The van der Waals surface area contributed by atoms with Crippen molar-refractivity contribution in [2.45, 2.75) is 57.7 Å². The van der Waals surface area contributed by atoms with Crippen molar-refractivity contribution in [3.63, 3.8) is 0 Å². The average Bonchev–Trinajstić information content (AvgIpc) is 3.05. The molecule has 2 aromatic carbocycles. The van der Waals surface area contributed by atoms with E-state index in [-0.39, 0.29) is 46.9 Å². The van der Waals surface area contributed by atoms with E-state index in [2.05, 4.69) is 36.7 Å². The lowest BCUT2D eigenvalue weighted by molar-refractivity contribution is -0.124. The highest BCUT2D eigenvalue weighted by Crippen LogP contribution is 2.49. The van der Waals surface area contributed by atoms with Gasteiger partial charge in [0, 0.05) is 37.0 Å². The molecule has 3 rings (SSSR count). The van der Waals surface area contributed by atoms with Gasteiger partial charge in [-0.2, -0.15) is 0 Å². The summed E-state index contributed by atoms with van der Waals surface area (Å²) in [5, 5.41) is 9.44. The fraction of sp³-hybridized carbons (Fsp3) is 0.462. The van der Waals surface area contributed by atoms with E-state index in [9.17, 15) is 9.59 Å². The zero-order valence-corrected chi connectivity index (χ0v) is 21.9. The maximum atomic E-state index is 15.5. The van der Waals surface area contributed by atoms with E-state index in [1.807, 2.05) is 12.1 Å². The molecule has 0 spiro atoms. The number of rotatable bonds is 7. The smallest absolute Gasteiger partial charge is 0.237 e. The zero-order chi connectivity index (χ0) is 26.0. The topological polar surface area (TPSA) is 96.2 Å². The average molecular weight is 523 g/mol. The number of nitrogens with one attached hydrogen (secondary N) is 3. The first-order chi connectivity index (χ1) is 16.3. The number of nitrogens with two attached hydrogens (primary N) is 1. The molecule has 6 nitrogen and oxygen atoms in total. The molecular formula is C26H33Cl2FN4O2. The largest absolute Gasteiger partial charge is 0.355 e. The van der Waals surface area contributed by atoms with Crippen molar-refractivity contribution in [3.8, 4) is 0 Å². The van der Waals surface area contributed by atoms with Crippen LogP contribution in [0.15, 0.2) is 42.5 Å². The van der Waals surface area contributed by atoms with E-state index in [0.717, 1.165) is 5.56 Å². The molecule has 0 aromatic heterocycles. The monoisotopic (exact) mass is 522 g/mol. The molecule has 5 N–H and O–H groups in total. The molecule has 2 amide bonds. The summed E-state index contributed by atoms with van der Waals surface area (Å²) < 4.78 is 15.5. The molecule has 2 aromatic rings. The Hall–Kier alpha value is -2.19. The van der Waals surface area contributed by atoms with Gasteiger partial charge in [-0.15, -0.1) is 0 Å². The maximum absolute atomic E-state index is 15.5. The van der Waals surface area contributed by atoms with Gasteiger partial charge in [-0.25, -0.2) is 4.39 Å². The Labute approximate surface area is 216 Å². The van der Waals surface area contributed by atoms with Crippen LogP contribution in [0.2, 0.25) is 10.0 Å². The van der Waals surface area contributed by atoms with Crippen molar-refractivity contribution in [3.05, 3.63) is 69.5 Å². The highest BCUT2D eigenvalue weighted by Gasteiger charge is 2.57. The molecule has 0 unspecified atom stereocenters. The standard InChI is InChI=1S/C26H33Cl2FN4O2/c1-15(34)31-12-13-32-24(35)23-21(18-6-5-7-19(28)22(18)29)26(30,16-8-10-17(27)11-9-16)20(33-23)14-25(2,3)4/h5-11,20-21,23,33H,12-14,30H2,1-4H3,(H,31,34)(H,32,35)/t20-,21-,23+,26+/m0/s1. The third-order valence-corrected chi connectivity index (χ3v) is 6.91. The summed E-state index contributed by atoms with van der Waals surface area (Å²) in [5.74, 6) is -1.89. The van der Waals surface area contributed by atoms with Crippen molar-refractivity contribution in [1.29, 1.82) is 0 Å². The lowest BCUT2D eigenvalue weighted by atomic mass is 9.68. The second-order valence-corrected chi connectivity index (χ2v) is 11.1. The van der Waals surface area contributed by atoms with Gasteiger partial charge in [-0.3, -0.25) is 9.59 Å². The normalized spacial score (nSPS) is 24.3. The predicted molar refractivity (Wildman–Crippen MR) is 138 cm³/mol. The van der Waals surface area contributed by atoms with E-state index in [1.165, 1.54) is 13.0 Å². The van der Waals surface area contributed by atoms with Gasteiger partial charge in [0.15, 0.2) is 0 Å². The van der Waals surface area contributed by atoms with Crippen LogP contribution in [0, 0.1) is 11.2 Å². The van der Waals surface area contributed by atoms with Gasteiger partial charge in [0.2, 0.25) is 11.8 Å². The van der Waals surface area contributed by atoms with Crippen LogP contribution in [0.1, 0.15) is 51.2 Å². The van der Waals surface area contributed by atoms with Crippen LogP contribution in [0.4, 0.5) is 4.39 Å². The molecule has 1 saturated heterocycles. The molecule has 0 aliphatic carbocycles. The molecule has 0 saturated carbocycles. The Morgan fingerprint density at radius 3 is 2.31 bits per heavy atom. The highest BCUT2D eigenvalue weighted by molar-refractivity contribution is 6.31. The first-order valence-electron chi connectivity index (χ1n) is 11.6. The summed E-state index contributed by atoms with van der Waals surface area (Å²) >= 11 is 12.3. The molecule has 1 aliphatic heterocycles. The van der Waals surface area contributed by atoms with Crippen molar-refractivity contribution in [1.82, 2.24) is 16.0 Å². The Kier molecular flexibility index (Phi) is 8.48. The van der Waals surface area contributed by atoms with Gasteiger partial charge in [-0.05, 0) is 41.2 Å². The molecule has 190 valence electrons. The van der Waals surface area contributed by atoms with Crippen LogP contribution in [-0.4, -0.2) is 37.0 Å². The number of halogens is 3. The molecule has 35 heavy (non-hydrogen) atoms. The number of carbonyl (C=O) groups is 2. The summed E-state index contributed by atoms with van der Waals surface area (Å²) in [5.41, 5.74) is 6.96. The number of hydrogen-bond acceptors (Lipinski definition) is 4. The lowest BCUT2D eigenvalue weighted by Gasteiger charge is -2.39. The van der Waals surface area contributed by atoms with Crippen LogP contribution in [0.5, 0.6) is 0 Å². The predicted octanol–water partition coefficient (Wildman–Crippen LogP) is 4.10. The maximum Gasteiger partial charge on any atom is 0.237 e. The Balaban J connectivity index is 2.11. The summed E-state index contributed by atoms with van der Waals surface area (Å²) in [6, 6.07) is 10.7. The fourth-order valence-corrected chi connectivity index (χ4v) is 5.17. The molecule has 0 radical (unpaired) electrons. The van der Waals surface area contributed by atoms with Crippen LogP contribution in [0.3, 0.4) is 0 Å². The zero-order valence-electron chi connectivity index (χ0n) is 20.4. The van der Waals surface area contributed by atoms with Crippen LogP contribution >= 0.6 is 23.2 Å². The molecule has 1 aliphatic rings. The van der Waals surface area contributed by atoms with E-state index >= 15 is 4.39 Å². The highest BCUT2D eigenvalue weighted by atomic mass is 35.5. The van der Waals surface area contributed by atoms with Crippen molar-refractivity contribution >= 4 is 35.0 Å². The van der Waals surface area contributed by atoms with E-state index in [1.54, 1.807) is 24.3 Å². The van der Waals surface area contributed by atoms with E-state index in [0.29, 0.717) is 11.4 Å². The number of benzene rings is 2. The van der Waals surface area contributed by atoms with Crippen molar-refractivity contribution in [2.24, 2.45) is 11.1 Å². The first-order valence-corrected chi connectivity index (χ1v) is 12.4. The second-order valence-electron chi connectivity index (χ2n) is 10.3. The van der Waals surface area contributed by atoms with Gasteiger partial charge in [0.05, 0.1) is 16.6 Å². The first kappa shape index (κ1) is 27.4. The Bertz CT molecular complexity index is 1070. The molecular weight excluding hydrogens is 490 g/mol. The summed E-state index contributed by atoms with van der Waals surface area (Å²) in [4.78, 5) is 24.6. The Morgan fingerprint density at radius 1 is 1.09 bits per heavy atom. The fourth-order valence-electron chi connectivity index (χ4n) is 4.86. The molecule has 9 heteroatoms. The molecule has 4 atom stereocenters. The lowest BCUT2D eigenvalue weighted by Crippen LogP contribution is -2.52. The second kappa shape index (κ2) is 10.8. The summed E-state index contributed by atoms with van der Waals surface area (Å²) in [6.45, 7) is 8.18. The quantitative estimate of drug-likeness (QED) is 0.411. The number of amides is 2. The van der Waals surface area contributed by atoms with Crippen molar-refractivity contribution < 1.29 is 14.0 Å². The molecule has 1 fully saturated rings. The van der Waals surface area contributed by atoms with E-state index < -0.39 is 23.3 Å². The van der Waals surface area contributed by atoms with Gasteiger partial charge in [0.25, 0.3) is 0 Å². The number of carbonyl (C=O) groups excluding carboxylic acids is 2. The van der Waals surface area contributed by atoms with Gasteiger partial charge in [0.1, 0.15) is 5.82 Å². The van der Waals surface area contributed by atoms with Crippen LogP contribution < -0.4 is 21.7 Å². The van der Waals surface area contributed by atoms with Gasteiger partial charge >= 0.3 is 0 Å². The summed E-state index contributed by atoms with van der Waals surface area (Å²) in [6.07, 6.45) is 0.625. The van der Waals surface area contributed by atoms with E-state index in [4.69, 9.17) is 28.9 Å². The number of hydrogen-bond donors (Lipinski definition) is 4. The molecule has 1 heterocycles. The third-order valence-electron chi connectivity index (χ3n) is 6.36. The van der Waals surface area contributed by atoms with Gasteiger partial charge < -0.3 is 21.7 Å². The minimum atomic E-state index is -1.15.